The Hall–Kier alpha value is -1.26. The molecule has 0 radical (unpaired) electrons. The van der Waals surface area contributed by atoms with E-state index < -0.39 is 0 Å². The van der Waals surface area contributed by atoms with Gasteiger partial charge >= 0.3 is 0 Å². The van der Waals surface area contributed by atoms with Crippen LogP contribution in [0.4, 0.5) is 0 Å². The molecule has 0 bridgehead atoms. The van der Waals surface area contributed by atoms with Gasteiger partial charge in [-0.15, -0.1) is 11.3 Å². The fourth-order valence-corrected chi connectivity index (χ4v) is 2.18. The minimum Gasteiger partial charge on any atom is -0.321 e. The predicted octanol–water partition coefficient (Wildman–Crippen LogP) is 2.40. The highest BCUT2D eigenvalue weighted by Crippen LogP contribution is 2.26. The van der Waals surface area contributed by atoms with E-state index in [1.165, 1.54) is 0 Å². The summed E-state index contributed by atoms with van der Waals surface area (Å²) in [4.78, 5) is 8.57. The van der Waals surface area contributed by atoms with Crippen LogP contribution in [-0.2, 0) is 5.54 Å². The Balaban J connectivity index is 2.37. The Morgan fingerprint density at radius 3 is 2.73 bits per heavy atom. The van der Waals surface area contributed by atoms with Crippen molar-refractivity contribution in [1.82, 2.24) is 9.97 Å². The van der Waals surface area contributed by atoms with E-state index in [-0.39, 0.29) is 5.54 Å². The van der Waals surface area contributed by atoms with Crippen molar-refractivity contribution in [2.75, 3.05) is 0 Å². The Morgan fingerprint density at radius 2 is 2.20 bits per heavy atom. The maximum absolute atomic E-state index is 5.98. The third-order valence-corrected chi connectivity index (χ3v) is 2.96. The lowest BCUT2D eigenvalue weighted by Gasteiger charge is -2.14. The molecule has 0 amide bonds. The molecule has 3 nitrogen and oxygen atoms in total. The lowest BCUT2D eigenvalue weighted by atomic mass is 10.0. The van der Waals surface area contributed by atoms with E-state index in [9.17, 15) is 0 Å². The lowest BCUT2D eigenvalue weighted by molar-refractivity contribution is 0.539. The summed E-state index contributed by atoms with van der Waals surface area (Å²) in [7, 11) is 0. The number of hydrogen-bond donors (Lipinski definition) is 1. The highest BCUT2D eigenvalue weighted by Gasteiger charge is 2.18. The van der Waals surface area contributed by atoms with Crippen LogP contribution in [-0.4, -0.2) is 9.97 Å². The second kappa shape index (κ2) is 3.72. The lowest BCUT2D eigenvalue weighted by Crippen LogP contribution is -2.28. The minimum absolute atomic E-state index is 0.378. The zero-order valence-corrected chi connectivity index (χ0v) is 9.58. The zero-order valence-electron chi connectivity index (χ0n) is 8.77. The monoisotopic (exact) mass is 219 g/mol. The highest BCUT2D eigenvalue weighted by molar-refractivity contribution is 7.13. The van der Waals surface area contributed by atoms with Crippen molar-refractivity contribution in [3.05, 3.63) is 35.6 Å². The second-order valence-corrected chi connectivity index (χ2v) is 4.86. The van der Waals surface area contributed by atoms with Gasteiger partial charge < -0.3 is 5.73 Å². The molecular formula is C11H13N3S. The van der Waals surface area contributed by atoms with E-state index in [4.69, 9.17) is 5.73 Å². The molecule has 2 heterocycles. The van der Waals surface area contributed by atoms with E-state index in [0.29, 0.717) is 0 Å². The van der Waals surface area contributed by atoms with Crippen LogP contribution in [0.25, 0.3) is 10.6 Å². The van der Waals surface area contributed by atoms with Crippen LogP contribution >= 0.6 is 11.3 Å². The Kier molecular flexibility index (Phi) is 2.54. The smallest absolute Gasteiger partial charge is 0.125 e. The molecule has 0 atom stereocenters. The van der Waals surface area contributed by atoms with Gasteiger partial charge in [-0.1, -0.05) is 0 Å². The van der Waals surface area contributed by atoms with E-state index >= 15 is 0 Å². The zero-order chi connectivity index (χ0) is 10.9. The maximum atomic E-state index is 5.98. The molecule has 0 aromatic carbocycles. The fraction of sp³-hybridized carbons (Fsp3) is 0.273. The number of rotatable bonds is 2. The average Bonchev–Trinajstić information content (AvgIpc) is 2.67. The predicted molar refractivity (Wildman–Crippen MR) is 62.6 cm³/mol. The van der Waals surface area contributed by atoms with Crippen LogP contribution in [0.1, 0.15) is 19.5 Å². The van der Waals surface area contributed by atoms with Crippen molar-refractivity contribution in [3.63, 3.8) is 0 Å². The van der Waals surface area contributed by atoms with Gasteiger partial charge in [-0.3, -0.25) is 4.98 Å². The van der Waals surface area contributed by atoms with Gasteiger partial charge in [0, 0.05) is 23.3 Å². The summed E-state index contributed by atoms with van der Waals surface area (Å²) in [5.74, 6) is 0. The van der Waals surface area contributed by atoms with Crippen LogP contribution in [0.3, 0.4) is 0 Å². The molecule has 0 fully saturated rings. The first-order valence-electron chi connectivity index (χ1n) is 4.72. The molecule has 0 aliphatic rings. The summed E-state index contributed by atoms with van der Waals surface area (Å²) in [5, 5.41) is 2.97. The molecule has 0 aliphatic heterocycles. The van der Waals surface area contributed by atoms with Gasteiger partial charge in [0.2, 0.25) is 0 Å². The largest absolute Gasteiger partial charge is 0.321 e. The fourth-order valence-electron chi connectivity index (χ4n) is 1.19. The molecule has 0 spiro atoms. The van der Waals surface area contributed by atoms with E-state index in [1.54, 1.807) is 17.5 Å². The Labute approximate surface area is 93.0 Å². The van der Waals surface area contributed by atoms with Gasteiger partial charge in [-0.25, -0.2) is 4.98 Å². The summed E-state index contributed by atoms with van der Waals surface area (Å²) in [5.41, 5.74) is 7.56. The summed E-state index contributed by atoms with van der Waals surface area (Å²) >= 11 is 1.60. The molecular weight excluding hydrogens is 206 g/mol. The molecule has 2 rings (SSSR count). The van der Waals surface area contributed by atoms with Gasteiger partial charge in [0.25, 0.3) is 0 Å². The normalized spacial score (nSPS) is 11.7. The van der Waals surface area contributed by atoms with Gasteiger partial charge in [0.05, 0.1) is 11.2 Å². The van der Waals surface area contributed by atoms with Crippen LogP contribution < -0.4 is 5.73 Å². The van der Waals surface area contributed by atoms with E-state index in [1.807, 2.05) is 37.6 Å². The Bertz CT molecular complexity index is 442. The summed E-state index contributed by atoms with van der Waals surface area (Å²) < 4.78 is 0. The van der Waals surface area contributed by atoms with E-state index in [0.717, 1.165) is 16.3 Å². The van der Waals surface area contributed by atoms with Crippen molar-refractivity contribution in [1.29, 1.82) is 0 Å². The molecule has 78 valence electrons. The molecule has 2 aromatic rings. The van der Waals surface area contributed by atoms with Crippen molar-refractivity contribution in [3.8, 4) is 10.6 Å². The third-order valence-electron chi connectivity index (χ3n) is 2.07. The molecule has 0 saturated carbocycles. The van der Waals surface area contributed by atoms with Crippen LogP contribution in [0.2, 0.25) is 0 Å². The average molecular weight is 219 g/mol. The SMILES string of the molecule is CC(C)(N)c1csc(-c2cccnc2)n1. The van der Waals surface area contributed by atoms with Crippen molar-refractivity contribution < 1.29 is 0 Å². The number of nitrogens with zero attached hydrogens (tertiary/aromatic N) is 2. The number of nitrogens with two attached hydrogens (primary N) is 1. The van der Waals surface area contributed by atoms with Gasteiger partial charge in [-0.2, -0.15) is 0 Å². The van der Waals surface area contributed by atoms with Crippen LogP contribution in [0.15, 0.2) is 29.9 Å². The Morgan fingerprint density at radius 1 is 1.40 bits per heavy atom. The van der Waals surface area contributed by atoms with Crippen molar-refractivity contribution in [2.45, 2.75) is 19.4 Å². The minimum atomic E-state index is -0.378. The molecule has 0 unspecified atom stereocenters. The summed E-state index contributed by atoms with van der Waals surface area (Å²) in [6, 6.07) is 3.91. The van der Waals surface area contributed by atoms with E-state index in [2.05, 4.69) is 9.97 Å². The number of pyridine rings is 1. The van der Waals surface area contributed by atoms with Crippen LogP contribution in [0.5, 0.6) is 0 Å². The maximum Gasteiger partial charge on any atom is 0.125 e. The quantitative estimate of drug-likeness (QED) is 0.843. The molecule has 15 heavy (non-hydrogen) atoms. The first-order chi connectivity index (χ1) is 7.07. The molecule has 4 heteroatoms. The molecule has 0 saturated heterocycles. The first-order valence-corrected chi connectivity index (χ1v) is 5.60. The van der Waals surface area contributed by atoms with Crippen LogP contribution in [0, 0.1) is 0 Å². The second-order valence-electron chi connectivity index (χ2n) is 4.00. The van der Waals surface area contributed by atoms with Crippen molar-refractivity contribution in [2.24, 2.45) is 5.73 Å². The summed E-state index contributed by atoms with van der Waals surface area (Å²) in [6.07, 6.45) is 3.57. The number of thiazole rings is 1. The first kappa shape index (κ1) is 10.3. The molecule has 0 aliphatic carbocycles. The van der Waals surface area contributed by atoms with Gasteiger partial charge in [-0.05, 0) is 26.0 Å². The number of hydrogen-bond acceptors (Lipinski definition) is 4. The van der Waals surface area contributed by atoms with Gasteiger partial charge in [0.15, 0.2) is 0 Å². The number of aromatic nitrogens is 2. The molecule has 2 aromatic heterocycles. The summed E-state index contributed by atoms with van der Waals surface area (Å²) in [6.45, 7) is 3.91. The van der Waals surface area contributed by atoms with Crippen molar-refractivity contribution >= 4 is 11.3 Å². The standard InChI is InChI=1S/C11H13N3S/c1-11(2,12)9-7-15-10(14-9)8-4-3-5-13-6-8/h3-7H,12H2,1-2H3. The third kappa shape index (κ3) is 2.22. The topological polar surface area (TPSA) is 51.8 Å². The van der Waals surface area contributed by atoms with Gasteiger partial charge in [0.1, 0.15) is 5.01 Å². The highest BCUT2D eigenvalue weighted by atomic mass is 32.1. The molecule has 2 N–H and O–H groups in total.